The third-order valence-corrected chi connectivity index (χ3v) is 5.66. The second kappa shape index (κ2) is 9.62. The van der Waals surface area contributed by atoms with Gasteiger partial charge in [-0.15, -0.1) is 0 Å². The predicted molar refractivity (Wildman–Crippen MR) is 129 cm³/mol. The van der Waals surface area contributed by atoms with Gasteiger partial charge in [0.15, 0.2) is 5.69 Å². The summed E-state index contributed by atoms with van der Waals surface area (Å²) in [7, 11) is 0. The average Bonchev–Trinajstić information content (AvgIpc) is 3.14. The molecular formula is C25H25N5O4. The fourth-order valence-electron chi connectivity index (χ4n) is 3.82. The number of rotatable bonds is 7. The maximum absolute atomic E-state index is 13.5. The minimum absolute atomic E-state index is 0.0370. The Morgan fingerprint density at radius 1 is 1.03 bits per heavy atom. The van der Waals surface area contributed by atoms with Gasteiger partial charge in [0.2, 0.25) is 5.91 Å². The number of anilines is 2. The summed E-state index contributed by atoms with van der Waals surface area (Å²) >= 11 is 0. The van der Waals surface area contributed by atoms with Gasteiger partial charge >= 0.3 is 5.69 Å². The first-order valence-electron chi connectivity index (χ1n) is 10.8. The van der Waals surface area contributed by atoms with Crippen LogP contribution in [0, 0.1) is 13.8 Å². The molecule has 0 aliphatic heterocycles. The number of aryl methyl sites for hydroxylation is 2. The van der Waals surface area contributed by atoms with Gasteiger partial charge in [0.25, 0.3) is 5.56 Å². The van der Waals surface area contributed by atoms with Crippen LogP contribution in [0.2, 0.25) is 0 Å². The van der Waals surface area contributed by atoms with Crippen molar-refractivity contribution in [2.24, 2.45) is 0 Å². The number of nitrogens with zero attached hydrogens (tertiary/aromatic N) is 3. The molecule has 4 aromatic rings. The van der Waals surface area contributed by atoms with Crippen LogP contribution in [0.1, 0.15) is 28.1 Å². The zero-order chi connectivity index (χ0) is 24.2. The van der Waals surface area contributed by atoms with E-state index >= 15 is 0 Å². The molecule has 0 aliphatic rings. The highest BCUT2D eigenvalue weighted by molar-refractivity contribution is 5.96. The first-order valence-corrected chi connectivity index (χ1v) is 10.8. The van der Waals surface area contributed by atoms with Crippen LogP contribution in [0.15, 0.2) is 74.8 Å². The lowest BCUT2D eigenvalue weighted by atomic mass is 10.1. The number of carbonyl (C=O) groups excluding carboxylic acids is 1. The standard InChI is InChI=1S/C25H25N5O4/c1-16-20(17(2)34-28-16)13-21(31)29(14-18-9-5-3-6-10-18)22-23(26)30(25(33)27-24(22)32)15-19-11-7-4-8-12-19/h3-12H,13-15,26H2,1-2H3,(H,27,32,33). The normalized spacial score (nSPS) is 10.9. The molecule has 174 valence electrons. The van der Waals surface area contributed by atoms with E-state index in [1.807, 2.05) is 60.7 Å². The van der Waals surface area contributed by atoms with Crippen LogP contribution in [-0.4, -0.2) is 20.6 Å². The summed E-state index contributed by atoms with van der Waals surface area (Å²) in [5.74, 6) is 0.0717. The van der Waals surface area contributed by atoms with Gasteiger partial charge in [0.05, 0.1) is 25.2 Å². The highest BCUT2D eigenvalue weighted by Crippen LogP contribution is 2.23. The van der Waals surface area contributed by atoms with Crippen molar-refractivity contribution in [1.29, 1.82) is 0 Å². The molecule has 9 heteroatoms. The predicted octanol–water partition coefficient (Wildman–Crippen LogP) is 2.55. The van der Waals surface area contributed by atoms with Gasteiger partial charge in [-0.3, -0.25) is 24.0 Å². The molecule has 1 amide bonds. The lowest BCUT2D eigenvalue weighted by molar-refractivity contribution is -0.118. The van der Waals surface area contributed by atoms with E-state index in [1.165, 1.54) is 9.47 Å². The van der Waals surface area contributed by atoms with Crippen LogP contribution >= 0.6 is 0 Å². The molecular weight excluding hydrogens is 434 g/mol. The number of nitrogen functional groups attached to an aromatic ring is 1. The Labute approximate surface area is 195 Å². The van der Waals surface area contributed by atoms with E-state index in [-0.39, 0.29) is 36.9 Å². The SMILES string of the molecule is Cc1noc(C)c1CC(=O)N(Cc1ccccc1)c1c(N)n(Cc2ccccc2)c(=O)[nH]c1=O. The number of hydrogen-bond donors (Lipinski definition) is 2. The summed E-state index contributed by atoms with van der Waals surface area (Å²) in [6.07, 6.45) is -0.0370. The van der Waals surface area contributed by atoms with Gasteiger partial charge < -0.3 is 10.3 Å². The minimum Gasteiger partial charge on any atom is -0.383 e. The maximum Gasteiger partial charge on any atom is 0.330 e. The molecule has 2 aromatic carbocycles. The smallest absolute Gasteiger partial charge is 0.330 e. The summed E-state index contributed by atoms with van der Waals surface area (Å²) in [5, 5.41) is 3.91. The molecule has 0 atom stereocenters. The molecule has 3 N–H and O–H groups in total. The van der Waals surface area contributed by atoms with E-state index in [9.17, 15) is 14.4 Å². The van der Waals surface area contributed by atoms with Crippen molar-refractivity contribution in [3.05, 3.63) is 110 Å². The summed E-state index contributed by atoms with van der Waals surface area (Å²) in [5.41, 5.74) is 7.80. The van der Waals surface area contributed by atoms with Crippen LogP contribution in [0.5, 0.6) is 0 Å². The molecule has 2 aromatic heterocycles. The van der Waals surface area contributed by atoms with Crippen molar-refractivity contribution < 1.29 is 9.32 Å². The lowest BCUT2D eigenvalue weighted by Gasteiger charge is -2.25. The fraction of sp³-hybridized carbons (Fsp3) is 0.200. The van der Waals surface area contributed by atoms with Crippen molar-refractivity contribution in [2.45, 2.75) is 33.4 Å². The number of aromatic nitrogens is 3. The fourth-order valence-corrected chi connectivity index (χ4v) is 3.82. The first kappa shape index (κ1) is 22.8. The van der Waals surface area contributed by atoms with Crippen LogP contribution < -0.4 is 21.9 Å². The Balaban J connectivity index is 1.80. The number of benzene rings is 2. The van der Waals surface area contributed by atoms with Gasteiger partial charge in [0.1, 0.15) is 11.6 Å². The van der Waals surface area contributed by atoms with E-state index in [4.69, 9.17) is 10.3 Å². The second-order valence-corrected chi connectivity index (χ2v) is 8.01. The summed E-state index contributed by atoms with van der Waals surface area (Å²) < 4.78 is 6.45. The molecule has 0 spiro atoms. The lowest BCUT2D eigenvalue weighted by Crippen LogP contribution is -2.41. The zero-order valence-corrected chi connectivity index (χ0v) is 18.9. The largest absolute Gasteiger partial charge is 0.383 e. The Morgan fingerprint density at radius 3 is 2.24 bits per heavy atom. The molecule has 0 unspecified atom stereocenters. The van der Waals surface area contributed by atoms with Crippen molar-refractivity contribution >= 4 is 17.4 Å². The van der Waals surface area contributed by atoms with E-state index < -0.39 is 11.2 Å². The third kappa shape index (κ3) is 4.68. The van der Waals surface area contributed by atoms with Crippen LogP contribution in [0.4, 0.5) is 11.5 Å². The summed E-state index contributed by atoms with van der Waals surface area (Å²) in [6.45, 7) is 3.72. The van der Waals surface area contributed by atoms with Crippen LogP contribution in [-0.2, 0) is 24.3 Å². The number of amides is 1. The molecule has 0 saturated heterocycles. The molecule has 34 heavy (non-hydrogen) atoms. The molecule has 2 heterocycles. The van der Waals surface area contributed by atoms with E-state index in [2.05, 4.69) is 10.1 Å². The molecule has 0 fully saturated rings. The maximum atomic E-state index is 13.5. The van der Waals surface area contributed by atoms with Gasteiger partial charge in [0, 0.05) is 5.56 Å². The van der Waals surface area contributed by atoms with Crippen molar-refractivity contribution in [1.82, 2.24) is 14.7 Å². The zero-order valence-electron chi connectivity index (χ0n) is 18.9. The highest BCUT2D eigenvalue weighted by Gasteiger charge is 2.26. The molecule has 4 rings (SSSR count). The number of H-pyrrole nitrogens is 1. The van der Waals surface area contributed by atoms with E-state index in [0.29, 0.717) is 17.0 Å². The summed E-state index contributed by atoms with van der Waals surface area (Å²) in [4.78, 5) is 42.8. The minimum atomic E-state index is -0.727. The number of carbonyl (C=O) groups is 1. The molecule has 9 nitrogen and oxygen atoms in total. The molecule has 0 aliphatic carbocycles. The summed E-state index contributed by atoms with van der Waals surface area (Å²) in [6, 6.07) is 18.5. The van der Waals surface area contributed by atoms with Crippen LogP contribution in [0.25, 0.3) is 0 Å². The van der Waals surface area contributed by atoms with Crippen LogP contribution in [0.3, 0.4) is 0 Å². The number of nitrogens with two attached hydrogens (primary N) is 1. The highest BCUT2D eigenvalue weighted by atomic mass is 16.5. The molecule has 0 saturated carbocycles. The number of nitrogens with one attached hydrogen (secondary N) is 1. The molecule has 0 bridgehead atoms. The van der Waals surface area contributed by atoms with E-state index in [1.54, 1.807) is 13.8 Å². The van der Waals surface area contributed by atoms with Crippen molar-refractivity contribution in [3.63, 3.8) is 0 Å². The van der Waals surface area contributed by atoms with Gasteiger partial charge in [-0.05, 0) is 25.0 Å². The Kier molecular flexibility index (Phi) is 6.44. The molecule has 0 radical (unpaired) electrons. The Bertz CT molecular complexity index is 1400. The number of aromatic amines is 1. The van der Waals surface area contributed by atoms with Crippen molar-refractivity contribution in [3.8, 4) is 0 Å². The van der Waals surface area contributed by atoms with Gasteiger partial charge in [-0.2, -0.15) is 0 Å². The third-order valence-electron chi connectivity index (χ3n) is 5.66. The monoisotopic (exact) mass is 459 g/mol. The quantitative estimate of drug-likeness (QED) is 0.437. The van der Waals surface area contributed by atoms with Gasteiger partial charge in [-0.25, -0.2) is 4.79 Å². The number of hydrogen-bond acceptors (Lipinski definition) is 6. The topological polar surface area (TPSA) is 127 Å². The Morgan fingerprint density at radius 2 is 1.65 bits per heavy atom. The van der Waals surface area contributed by atoms with E-state index in [0.717, 1.165) is 11.1 Å². The second-order valence-electron chi connectivity index (χ2n) is 8.01. The Hall–Kier alpha value is -4.40. The van der Waals surface area contributed by atoms with Crippen molar-refractivity contribution in [2.75, 3.05) is 10.6 Å². The first-order chi connectivity index (χ1) is 16.3. The van der Waals surface area contributed by atoms with Gasteiger partial charge in [-0.1, -0.05) is 65.8 Å². The average molecular weight is 460 g/mol.